The van der Waals surface area contributed by atoms with Crippen molar-refractivity contribution in [2.45, 2.75) is 107 Å². The number of pyridine rings is 1. The summed E-state index contributed by atoms with van der Waals surface area (Å²) in [6, 6.07) is 6.46. The van der Waals surface area contributed by atoms with Gasteiger partial charge in [0.05, 0.1) is 18.0 Å². The normalized spacial score (nSPS) is 25.9. The van der Waals surface area contributed by atoms with Crippen LogP contribution in [0.1, 0.15) is 76.1 Å². The Kier molecular flexibility index (Phi) is 16.8. The van der Waals surface area contributed by atoms with Gasteiger partial charge in [-0.1, -0.05) is 32.6 Å². The Hall–Kier alpha value is -0.291. The number of hydrogen-bond acceptors (Lipinski definition) is 8. The summed E-state index contributed by atoms with van der Waals surface area (Å²) in [5.74, 6) is 0.800. The van der Waals surface area contributed by atoms with Gasteiger partial charge in [0.1, 0.15) is 0 Å². The maximum atomic E-state index is 11.7. The number of aromatic nitrogens is 1. The Morgan fingerprint density at radius 1 is 0.949 bits per heavy atom. The summed E-state index contributed by atoms with van der Waals surface area (Å²) in [6.45, 7) is 6.67. The molecule has 1 amide bonds. The second-order valence-electron chi connectivity index (χ2n) is 10.4. The van der Waals surface area contributed by atoms with Gasteiger partial charge in [0.25, 0.3) is 0 Å². The molecular formula is C27H46Cl2MnN6O2S. The average Bonchev–Trinajstić information content (AvgIpc) is 2.95. The third-order valence-corrected chi connectivity index (χ3v) is 8.52. The molecule has 39 heavy (non-hydrogen) atoms. The van der Waals surface area contributed by atoms with Crippen LogP contribution in [0.25, 0.3) is 0 Å². The van der Waals surface area contributed by atoms with Crippen LogP contribution >= 0.6 is 32.0 Å². The van der Waals surface area contributed by atoms with Crippen molar-refractivity contribution >= 4 is 38.1 Å². The first-order valence-corrected chi connectivity index (χ1v) is 18.7. The van der Waals surface area contributed by atoms with Crippen LogP contribution < -0.4 is 26.6 Å². The molecule has 4 atom stereocenters. The molecule has 5 N–H and O–H groups in total. The summed E-state index contributed by atoms with van der Waals surface area (Å²) < 4.78 is 5.10. The third kappa shape index (κ3) is 12.6. The molecule has 0 saturated heterocycles. The molecule has 2 fully saturated rings. The van der Waals surface area contributed by atoms with Crippen LogP contribution in [0.3, 0.4) is 0 Å². The third-order valence-electron chi connectivity index (χ3n) is 7.54. The topological polar surface area (TPSA) is 99.3 Å². The average molecular weight is 645 g/mol. The molecule has 2 aliphatic carbocycles. The van der Waals surface area contributed by atoms with Crippen LogP contribution in [0.5, 0.6) is 0 Å². The number of rotatable bonds is 6. The quantitative estimate of drug-likeness (QED) is 0.173. The van der Waals surface area contributed by atoms with Crippen molar-refractivity contribution in [1.29, 1.82) is 0 Å². The molecule has 2 saturated carbocycles. The summed E-state index contributed by atoms with van der Waals surface area (Å²) in [6.07, 6.45) is 10.7. The Morgan fingerprint density at radius 2 is 1.44 bits per heavy atom. The van der Waals surface area contributed by atoms with Crippen molar-refractivity contribution in [3.63, 3.8) is 0 Å². The van der Waals surface area contributed by atoms with E-state index in [1.807, 2.05) is 6.92 Å². The van der Waals surface area contributed by atoms with Gasteiger partial charge in [-0.15, -0.1) is 11.8 Å². The second-order valence-corrected chi connectivity index (χ2v) is 13.5. The van der Waals surface area contributed by atoms with E-state index < -0.39 is 0 Å². The number of alkyl carbamates (subject to hydrolysis) is 1. The second kappa shape index (κ2) is 19.8. The molecule has 0 spiro atoms. The number of hydrogen-bond donors (Lipinski definition) is 5. The molecule has 223 valence electrons. The Balaban J connectivity index is 0.00000134. The Labute approximate surface area is 253 Å². The zero-order chi connectivity index (χ0) is 27.7. The van der Waals surface area contributed by atoms with Crippen molar-refractivity contribution < 1.29 is 22.7 Å². The SMILES string of the molecule is CCCOC(=O)NCCSc1cc2nc(c1)CN[C@@H]1CCCC[C@H]1NCCN[C@@H]1CCCC[C@H]1NC2.[Cl][Mn][Cl]. The number of carbonyl (C=O) groups is 1. The number of fused-ring (bicyclic) bond motifs is 4. The molecule has 2 bridgehead atoms. The van der Waals surface area contributed by atoms with Crippen LogP contribution in [0.2, 0.25) is 0 Å². The van der Waals surface area contributed by atoms with Crippen molar-refractivity contribution in [2.24, 2.45) is 0 Å². The summed E-state index contributed by atoms with van der Waals surface area (Å²) in [4.78, 5) is 18.0. The van der Waals surface area contributed by atoms with Crippen molar-refractivity contribution in [2.75, 3.05) is 32.0 Å². The first-order chi connectivity index (χ1) is 19.1. The van der Waals surface area contributed by atoms with Crippen LogP contribution in [0.15, 0.2) is 17.0 Å². The van der Waals surface area contributed by atoms with Gasteiger partial charge in [0.15, 0.2) is 0 Å². The number of carbonyl (C=O) groups excluding carboxylic acids is 1. The molecule has 8 nitrogen and oxygen atoms in total. The molecule has 1 aliphatic heterocycles. The first kappa shape index (κ1) is 33.2. The number of nitrogens with zero attached hydrogens (tertiary/aromatic N) is 1. The number of amides is 1. The standard InChI is InChI=1S/C27H46N6O2S.2ClH.Mn/c1-2-14-35-27(34)30-13-15-36-22-16-20-18-31-25-9-5-3-7-23(25)28-11-12-29-24-8-4-6-10-26(24)32-19-21(17-22)33-20;;;/h16-17,23-26,28-29,31-32H,2-15,18-19H2,1H3,(H,30,34);2*1H;/q;;;+2/p-2/t23-,24-,25-,26-;;;/m1.../s1. The van der Waals surface area contributed by atoms with Gasteiger partial charge < -0.3 is 31.3 Å². The van der Waals surface area contributed by atoms with Crippen LogP contribution in [-0.4, -0.2) is 67.2 Å². The van der Waals surface area contributed by atoms with E-state index in [2.05, 4.69) is 38.7 Å². The van der Waals surface area contributed by atoms with Gasteiger partial charge in [-0.2, -0.15) is 0 Å². The molecule has 3 aliphatic rings. The fourth-order valence-electron chi connectivity index (χ4n) is 5.68. The van der Waals surface area contributed by atoms with Crippen LogP contribution in [0.4, 0.5) is 4.79 Å². The fraction of sp³-hybridized carbons (Fsp3) is 0.778. The predicted octanol–water partition coefficient (Wildman–Crippen LogP) is 4.68. The minimum atomic E-state index is -0.328. The van der Waals surface area contributed by atoms with Gasteiger partial charge in [0, 0.05) is 67.5 Å². The van der Waals surface area contributed by atoms with E-state index in [4.69, 9.17) is 29.9 Å². The Bertz CT molecular complexity index is 797. The molecule has 0 aromatic carbocycles. The zero-order valence-electron chi connectivity index (χ0n) is 23.1. The van der Waals surface area contributed by atoms with Crippen molar-refractivity contribution in [3.8, 4) is 0 Å². The van der Waals surface area contributed by atoms with Crippen molar-refractivity contribution in [3.05, 3.63) is 23.5 Å². The molecule has 1 aromatic rings. The Morgan fingerprint density at radius 3 is 1.92 bits per heavy atom. The number of thioether (sulfide) groups is 1. The van der Waals surface area contributed by atoms with E-state index in [-0.39, 0.29) is 19.2 Å². The summed E-state index contributed by atoms with van der Waals surface area (Å²) in [5.41, 5.74) is 2.20. The van der Waals surface area contributed by atoms with E-state index in [9.17, 15) is 4.79 Å². The maximum absolute atomic E-state index is 11.7. The predicted molar refractivity (Wildman–Crippen MR) is 158 cm³/mol. The van der Waals surface area contributed by atoms with E-state index >= 15 is 0 Å². The molecular weight excluding hydrogens is 598 g/mol. The summed E-state index contributed by atoms with van der Waals surface area (Å²) in [7, 11) is 9.59. The molecule has 4 rings (SSSR count). The molecule has 1 aromatic heterocycles. The van der Waals surface area contributed by atoms with Gasteiger partial charge >= 0.3 is 39.4 Å². The van der Waals surface area contributed by atoms with Gasteiger partial charge in [-0.05, 0) is 44.2 Å². The van der Waals surface area contributed by atoms with E-state index in [1.165, 1.54) is 56.3 Å². The minimum absolute atomic E-state index is 0.00694. The van der Waals surface area contributed by atoms with E-state index in [1.54, 1.807) is 11.8 Å². The zero-order valence-corrected chi connectivity index (χ0v) is 26.6. The van der Waals surface area contributed by atoms with Crippen molar-refractivity contribution in [1.82, 2.24) is 31.6 Å². The van der Waals surface area contributed by atoms with Gasteiger partial charge in [-0.3, -0.25) is 4.98 Å². The number of halogens is 2. The fourth-order valence-corrected chi connectivity index (χ4v) is 6.56. The van der Waals surface area contributed by atoms with E-state index in [0.717, 1.165) is 49.7 Å². The van der Waals surface area contributed by atoms with Crippen LogP contribution in [0, 0.1) is 0 Å². The van der Waals surface area contributed by atoms with E-state index in [0.29, 0.717) is 37.3 Å². The number of nitrogens with one attached hydrogen (secondary N) is 5. The van der Waals surface area contributed by atoms with Gasteiger partial charge in [0.2, 0.25) is 0 Å². The van der Waals surface area contributed by atoms with Gasteiger partial charge in [-0.25, -0.2) is 4.79 Å². The molecule has 2 heterocycles. The summed E-state index contributed by atoms with van der Waals surface area (Å²) >= 11 is 1.77. The number of ether oxygens (including phenoxy) is 1. The van der Waals surface area contributed by atoms with Crippen LogP contribution in [-0.2, 0) is 31.0 Å². The summed E-state index contributed by atoms with van der Waals surface area (Å²) in [5, 5.41) is 18.2. The molecule has 12 heteroatoms. The molecule has 0 radical (unpaired) electrons. The monoisotopic (exact) mass is 643 g/mol. The molecule has 0 unspecified atom stereocenters. The first-order valence-electron chi connectivity index (χ1n) is 14.5.